The summed E-state index contributed by atoms with van der Waals surface area (Å²) in [6, 6.07) is 1.97. The first-order chi connectivity index (χ1) is 10.5. The lowest BCUT2D eigenvalue weighted by Crippen LogP contribution is -2.44. The smallest absolute Gasteiger partial charge is 0.252 e. The fourth-order valence-corrected chi connectivity index (χ4v) is 2.20. The summed E-state index contributed by atoms with van der Waals surface area (Å²) in [7, 11) is 0. The summed E-state index contributed by atoms with van der Waals surface area (Å²) < 4.78 is 25.9. The second kappa shape index (κ2) is 7.08. The van der Waals surface area contributed by atoms with Gasteiger partial charge in [-0.1, -0.05) is 0 Å². The summed E-state index contributed by atoms with van der Waals surface area (Å²) in [6.07, 6.45) is 0. The third-order valence-corrected chi connectivity index (χ3v) is 3.49. The van der Waals surface area contributed by atoms with Crippen LogP contribution in [-0.4, -0.2) is 22.8 Å². The monoisotopic (exact) mass is 325 g/mol. The van der Waals surface area contributed by atoms with Crippen LogP contribution in [0.25, 0.3) is 0 Å². The molecule has 1 aromatic carbocycles. The summed E-state index contributed by atoms with van der Waals surface area (Å²) in [4.78, 5) is 27.7. The lowest BCUT2D eigenvalue weighted by atomic mass is 10.2. The molecule has 8 heteroatoms. The highest BCUT2D eigenvalue weighted by molar-refractivity contribution is 7.07. The predicted molar refractivity (Wildman–Crippen MR) is 77.2 cm³/mol. The molecule has 0 spiro atoms. The van der Waals surface area contributed by atoms with Crippen molar-refractivity contribution in [2.45, 2.75) is 19.5 Å². The second-order valence-electron chi connectivity index (χ2n) is 4.52. The molecule has 2 N–H and O–H groups in total. The van der Waals surface area contributed by atoms with Gasteiger partial charge in [-0.25, -0.2) is 13.8 Å². The van der Waals surface area contributed by atoms with E-state index in [9.17, 15) is 18.4 Å². The molecule has 0 saturated heterocycles. The first-order valence-electron chi connectivity index (χ1n) is 6.38. The average Bonchev–Trinajstić information content (AvgIpc) is 3.00. The van der Waals surface area contributed by atoms with Gasteiger partial charge in [0.25, 0.3) is 5.91 Å². The SMILES string of the molecule is CC(NC(=O)c1ccc(F)c(F)c1)C(=O)NCc1cscn1. The van der Waals surface area contributed by atoms with E-state index in [0.717, 1.165) is 23.9 Å². The number of nitrogens with one attached hydrogen (secondary N) is 2. The summed E-state index contributed by atoms with van der Waals surface area (Å²) in [5.41, 5.74) is 2.31. The molecule has 1 unspecified atom stereocenters. The summed E-state index contributed by atoms with van der Waals surface area (Å²) in [6.45, 7) is 1.75. The minimum atomic E-state index is -1.12. The number of carbonyl (C=O) groups excluding carboxylic acids is 2. The second-order valence-corrected chi connectivity index (χ2v) is 5.24. The number of aromatic nitrogens is 1. The van der Waals surface area contributed by atoms with Gasteiger partial charge >= 0.3 is 0 Å². The zero-order valence-corrected chi connectivity index (χ0v) is 12.4. The molecule has 0 bridgehead atoms. The number of carbonyl (C=O) groups is 2. The Labute approximate surface area is 129 Å². The highest BCUT2D eigenvalue weighted by atomic mass is 32.1. The molecule has 1 aromatic heterocycles. The number of benzene rings is 1. The van der Waals surface area contributed by atoms with Crippen LogP contribution in [0.2, 0.25) is 0 Å². The molecule has 0 aliphatic carbocycles. The van der Waals surface area contributed by atoms with Crippen LogP contribution in [0.1, 0.15) is 23.0 Å². The molecule has 0 aliphatic rings. The van der Waals surface area contributed by atoms with E-state index in [0.29, 0.717) is 0 Å². The minimum absolute atomic E-state index is 0.0574. The van der Waals surface area contributed by atoms with Gasteiger partial charge in [0, 0.05) is 10.9 Å². The fourth-order valence-electron chi connectivity index (χ4n) is 1.64. The van der Waals surface area contributed by atoms with Crippen molar-refractivity contribution < 1.29 is 18.4 Å². The predicted octanol–water partition coefficient (Wildman–Crippen LogP) is 1.86. The highest BCUT2D eigenvalue weighted by Gasteiger charge is 2.17. The Morgan fingerprint density at radius 2 is 2.09 bits per heavy atom. The Hall–Kier alpha value is -2.35. The summed E-state index contributed by atoms with van der Waals surface area (Å²) >= 11 is 1.41. The lowest BCUT2D eigenvalue weighted by Gasteiger charge is -2.13. The van der Waals surface area contributed by atoms with Gasteiger partial charge in [0.1, 0.15) is 6.04 Å². The van der Waals surface area contributed by atoms with E-state index in [1.54, 1.807) is 10.9 Å². The molecule has 0 fully saturated rings. The van der Waals surface area contributed by atoms with Crippen LogP contribution in [0.3, 0.4) is 0 Å². The number of nitrogens with zero attached hydrogens (tertiary/aromatic N) is 1. The number of rotatable bonds is 5. The van der Waals surface area contributed by atoms with Gasteiger partial charge in [0.15, 0.2) is 11.6 Å². The van der Waals surface area contributed by atoms with Crippen molar-refractivity contribution in [2.24, 2.45) is 0 Å². The molecule has 22 heavy (non-hydrogen) atoms. The van der Waals surface area contributed by atoms with Crippen LogP contribution in [-0.2, 0) is 11.3 Å². The van der Waals surface area contributed by atoms with Crippen LogP contribution in [0.15, 0.2) is 29.1 Å². The Morgan fingerprint density at radius 3 is 2.73 bits per heavy atom. The third kappa shape index (κ3) is 4.08. The minimum Gasteiger partial charge on any atom is -0.349 e. The van der Waals surface area contributed by atoms with Crippen molar-refractivity contribution in [1.82, 2.24) is 15.6 Å². The van der Waals surface area contributed by atoms with E-state index in [-0.39, 0.29) is 12.1 Å². The van der Waals surface area contributed by atoms with Gasteiger partial charge in [-0.15, -0.1) is 11.3 Å². The maximum atomic E-state index is 13.1. The molecule has 0 aliphatic heterocycles. The van der Waals surface area contributed by atoms with Crippen LogP contribution in [0.4, 0.5) is 8.78 Å². The van der Waals surface area contributed by atoms with Crippen LogP contribution in [0, 0.1) is 11.6 Å². The van der Waals surface area contributed by atoms with E-state index in [4.69, 9.17) is 0 Å². The summed E-state index contributed by atoms with van der Waals surface area (Å²) in [5, 5.41) is 6.83. The highest BCUT2D eigenvalue weighted by Crippen LogP contribution is 2.08. The molecule has 1 heterocycles. The maximum absolute atomic E-state index is 13.1. The van der Waals surface area contributed by atoms with Crippen LogP contribution >= 0.6 is 11.3 Å². The van der Waals surface area contributed by atoms with E-state index >= 15 is 0 Å². The van der Waals surface area contributed by atoms with E-state index in [1.807, 2.05) is 0 Å². The zero-order chi connectivity index (χ0) is 16.1. The van der Waals surface area contributed by atoms with Crippen molar-refractivity contribution in [1.29, 1.82) is 0 Å². The first-order valence-corrected chi connectivity index (χ1v) is 7.32. The van der Waals surface area contributed by atoms with Crippen molar-refractivity contribution in [3.8, 4) is 0 Å². The fraction of sp³-hybridized carbons (Fsp3) is 0.214. The molecule has 0 saturated carbocycles. The molecular formula is C14H13F2N3O2S. The van der Waals surface area contributed by atoms with Crippen LogP contribution < -0.4 is 10.6 Å². The molecule has 2 aromatic rings. The van der Waals surface area contributed by atoms with E-state index in [2.05, 4.69) is 15.6 Å². The molecule has 5 nitrogen and oxygen atoms in total. The van der Waals surface area contributed by atoms with Gasteiger partial charge in [-0.2, -0.15) is 0 Å². The van der Waals surface area contributed by atoms with Crippen LogP contribution in [0.5, 0.6) is 0 Å². The Balaban J connectivity index is 1.89. The number of hydrogen-bond donors (Lipinski definition) is 2. The number of halogens is 2. The van der Waals surface area contributed by atoms with Crippen molar-refractivity contribution >= 4 is 23.2 Å². The quantitative estimate of drug-likeness (QED) is 0.881. The molecule has 2 rings (SSSR count). The Bertz CT molecular complexity index is 677. The Kier molecular flexibility index (Phi) is 5.16. The number of amides is 2. The van der Waals surface area contributed by atoms with Gasteiger partial charge in [0.2, 0.25) is 5.91 Å². The van der Waals surface area contributed by atoms with Crippen molar-refractivity contribution in [2.75, 3.05) is 0 Å². The molecule has 1 atom stereocenters. The molecular weight excluding hydrogens is 312 g/mol. The molecule has 2 amide bonds. The van der Waals surface area contributed by atoms with Gasteiger partial charge in [0.05, 0.1) is 17.7 Å². The molecule has 116 valence electrons. The van der Waals surface area contributed by atoms with Crippen molar-refractivity contribution in [3.05, 3.63) is 52.0 Å². The van der Waals surface area contributed by atoms with E-state index < -0.39 is 29.5 Å². The van der Waals surface area contributed by atoms with Crippen molar-refractivity contribution in [3.63, 3.8) is 0 Å². The standard InChI is InChI=1S/C14H13F2N3O2S/c1-8(13(20)17-5-10-6-22-7-18-10)19-14(21)9-2-3-11(15)12(16)4-9/h2-4,6-8H,5H2,1H3,(H,17,20)(H,19,21). The number of hydrogen-bond acceptors (Lipinski definition) is 4. The molecule has 0 radical (unpaired) electrons. The average molecular weight is 325 g/mol. The zero-order valence-electron chi connectivity index (χ0n) is 11.6. The normalized spacial score (nSPS) is 11.8. The third-order valence-electron chi connectivity index (χ3n) is 2.85. The van der Waals surface area contributed by atoms with Gasteiger partial charge < -0.3 is 10.6 Å². The Morgan fingerprint density at radius 1 is 1.32 bits per heavy atom. The van der Waals surface area contributed by atoms with E-state index in [1.165, 1.54) is 18.3 Å². The first kappa shape index (κ1) is 16.0. The van der Waals surface area contributed by atoms with Gasteiger partial charge in [-0.05, 0) is 25.1 Å². The lowest BCUT2D eigenvalue weighted by molar-refractivity contribution is -0.122. The largest absolute Gasteiger partial charge is 0.349 e. The topological polar surface area (TPSA) is 71.1 Å². The van der Waals surface area contributed by atoms with Gasteiger partial charge in [-0.3, -0.25) is 9.59 Å². The summed E-state index contributed by atoms with van der Waals surface area (Å²) in [5.74, 6) is -3.21. The number of thiazole rings is 1. The maximum Gasteiger partial charge on any atom is 0.252 e.